The second kappa shape index (κ2) is 44.9. The van der Waals surface area contributed by atoms with Gasteiger partial charge in [-0.25, -0.2) is 0 Å². The first-order chi connectivity index (χ1) is 33.9. The predicted molar refractivity (Wildman–Crippen MR) is 248 cm³/mol. The summed E-state index contributed by atoms with van der Waals surface area (Å²) < 4.78 is 52.0. The van der Waals surface area contributed by atoms with Crippen LogP contribution in [0.5, 0.6) is 0 Å². The van der Waals surface area contributed by atoms with Crippen LogP contribution in [-0.4, -0.2) is 126 Å². The summed E-state index contributed by atoms with van der Waals surface area (Å²) in [5.74, 6) is -3.76. The highest BCUT2D eigenvalue weighted by Crippen LogP contribution is 2.10. The number of esters is 10. The normalized spacial score (nSPS) is 21.4. The Bertz CT molecular complexity index is 1150. The Morgan fingerprint density at radius 1 is 0.143 bits per heavy atom. The van der Waals surface area contributed by atoms with Crippen molar-refractivity contribution in [2.24, 2.45) is 0 Å². The molecule has 0 amide bonds. The summed E-state index contributed by atoms with van der Waals surface area (Å²) in [5, 5.41) is 0. The van der Waals surface area contributed by atoms with Gasteiger partial charge in [0.1, 0.15) is 0 Å². The molecular weight excluding hydrogens is 921 g/mol. The molecule has 400 valence electrons. The fraction of sp³-hybridized carbons (Fsp3) is 0.800. The summed E-state index contributed by atoms with van der Waals surface area (Å²) in [6.45, 7) is 1.88. The largest absolute Gasteiger partial charge is 0.466 e. The molecular formula is C50H80O20. The van der Waals surface area contributed by atoms with E-state index in [1.807, 2.05) is 0 Å². The topological polar surface area (TPSA) is 263 Å². The minimum atomic E-state index is -0.376. The van der Waals surface area contributed by atoms with E-state index in [2.05, 4.69) is 0 Å². The molecule has 1 saturated heterocycles. The minimum Gasteiger partial charge on any atom is -0.466 e. The SMILES string of the molecule is O=C1CCCCC(=O)OCCCCOC(=O)CCCCC(=O)OCCCCOC(=O)CCCCC(=O)OCCCCOC(=O)CCCCC(=O)OCCCCOC(=O)CCCCC(=O)OCCCCO1. The minimum absolute atomic E-state index is 0.165. The number of cyclic esters (lactones) is 10. The number of carbonyl (C=O) groups excluding carboxylic acids is 10. The summed E-state index contributed by atoms with van der Waals surface area (Å²) in [4.78, 5) is 120. The van der Waals surface area contributed by atoms with Crippen molar-refractivity contribution in [3.05, 3.63) is 0 Å². The molecule has 0 aromatic heterocycles. The van der Waals surface area contributed by atoms with Crippen molar-refractivity contribution < 1.29 is 95.3 Å². The van der Waals surface area contributed by atoms with Crippen LogP contribution in [0.25, 0.3) is 0 Å². The van der Waals surface area contributed by atoms with Crippen molar-refractivity contribution >= 4 is 59.7 Å². The molecule has 0 radical (unpaired) electrons. The Morgan fingerprint density at radius 2 is 0.229 bits per heavy atom. The molecule has 0 N–H and O–H groups in total. The van der Waals surface area contributed by atoms with Gasteiger partial charge in [-0.2, -0.15) is 0 Å². The molecule has 1 heterocycles. The van der Waals surface area contributed by atoms with Crippen molar-refractivity contribution in [3.63, 3.8) is 0 Å². The van der Waals surface area contributed by atoms with Gasteiger partial charge in [0.2, 0.25) is 0 Å². The Balaban J connectivity index is 2.32. The third-order valence-electron chi connectivity index (χ3n) is 10.4. The Hall–Kier alpha value is -5.30. The molecule has 1 fully saturated rings. The average Bonchev–Trinajstić information content (AvgIpc) is 3.33. The first-order valence-corrected chi connectivity index (χ1v) is 25.5. The number of carbonyl (C=O) groups is 10. The molecule has 1 aliphatic rings. The Labute approximate surface area is 412 Å². The zero-order valence-corrected chi connectivity index (χ0v) is 41.4. The van der Waals surface area contributed by atoms with Gasteiger partial charge in [0, 0.05) is 64.2 Å². The molecule has 20 nitrogen and oxygen atoms in total. The zero-order chi connectivity index (χ0) is 51.1. The molecule has 0 spiro atoms. The van der Waals surface area contributed by atoms with Gasteiger partial charge in [-0.15, -0.1) is 0 Å². The number of hydrogen-bond acceptors (Lipinski definition) is 20. The van der Waals surface area contributed by atoms with Crippen molar-refractivity contribution in [2.45, 2.75) is 193 Å². The van der Waals surface area contributed by atoms with Crippen molar-refractivity contribution in [1.29, 1.82) is 0 Å². The smallest absolute Gasteiger partial charge is 0.305 e. The third-order valence-corrected chi connectivity index (χ3v) is 10.4. The first kappa shape index (κ1) is 62.7. The lowest BCUT2D eigenvalue weighted by Crippen LogP contribution is -2.11. The molecule has 0 aliphatic carbocycles. The van der Waals surface area contributed by atoms with E-state index in [-0.39, 0.29) is 190 Å². The van der Waals surface area contributed by atoms with Crippen LogP contribution in [0.3, 0.4) is 0 Å². The fourth-order valence-electron chi connectivity index (χ4n) is 6.30. The molecule has 0 atom stereocenters. The molecule has 70 heavy (non-hydrogen) atoms. The lowest BCUT2D eigenvalue weighted by Gasteiger charge is -2.08. The van der Waals surface area contributed by atoms with Gasteiger partial charge >= 0.3 is 59.7 Å². The highest BCUT2D eigenvalue weighted by molar-refractivity contribution is 5.73. The predicted octanol–water partition coefficient (Wildman–Crippen LogP) is 7.14. The summed E-state index contributed by atoms with van der Waals surface area (Å²) in [6, 6.07) is 0. The summed E-state index contributed by atoms with van der Waals surface area (Å²) in [6.07, 6.45) is 11.5. The van der Waals surface area contributed by atoms with Crippen LogP contribution >= 0.6 is 0 Å². The standard InChI is InChI=1S/C50H80O20/c51-41-21-1-2-22-42(52)62-32-13-14-34-64-44(54)24-5-6-26-46(56)66-36-17-18-38-68-48(58)28-9-10-30-50(60)70-40-20-19-39-69-49(59)29-8-7-27-47(57)67-37-16-15-35-65-45(55)25-4-3-23-43(53)63-33-12-11-31-61-41/h1-40H2. The average molecular weight is 1000 g/mol. The number of rotatable bonds is 0. The lowest BCUT2D eigenvalue weighted by atomic mass is 10.2. The van der Waals surface area contributed by atoms with Gasteiger partial charge in [0.15, 0.2) is 0 Å². The molecule has 1 rings (SSSR count). The van der Waals surface area contributed by atoms with Crippen LogP contribution in [0.1, 0.15) is 193 Å². The quantitative estimate of drug-likeness (QED) is 0.172. The van der Waals surface area contributed by atoms with Crippen LogP contribution in [0.4, 0.5) is 0 Å². The van der Waals surface area contributed by atoms with Crippen molar-refractivity contribution in [2.75, 3.05) is 66.1 Å². The Kier molecular flexibility index (Phi) is 40.2. The summed E-state index contributed by atoms with van der Waals surface area (Å²) in [5.41, 5.74) is 0. The summed E-state index contributed by atoms with van der Waals surface area (Å²) >= 11 is 0. The van der Waals surface area contributed by atoms with Gasteiger partial charge in [-0.1, -0.05) is 0 Å². The molecule has 20 heteroatoms. The van der Waals surface area contributed by atoms with E-state index >= 15 is 0 Å². The van der Waals surface area contributed by atoms with Gasteiger partial charge in [-0.05, 0) is 128 Å². The lowest BCUT2D eigenvalue weighted by molar-refractivity contribution is -0.147. The van der Waals surface area contributed by atoms with E-state index in [9.17, 15) is 47.9 Å². The highest BCUT2D eigenvalue weighted by Gasteiger charge is 2.12. The van der Waals surface area contributed by atoms with E-state index < -0.39 is 0 Å². The summed E-state index contributed by atoms with van der Waals surface area (Å²) in [7, 11) is 0. The maximum atomic E-state index is 12.0. The first-order valence-electron chi connectivity index (χ1n) is 25.5. The van der Waals surface area contributed by atoms with Crippen LogP contribution < -0.4 is 0 Å². The monoisotopic (exact) mass is 1000 g/mol. The maximum Gasteiger partial charge on any atom is 0.305 e. The number of hydrogen-bond donors (Lipinski definition) is 0. The number of ether oxygens (including phenoxy) is 10. The molecule has 0 aromatic carbocycles. The van der Waals surface area contributed by atoms with Gasteiger partial charge in [0.05, 0.1) is 66.1 Å². The van der Waals surface area contributed by atoms with Crippen LogP contribution in [0, 0.1) is 0 Å². The van der Waals surface area contributed by atoms with Crippen molar-refractivity contribution in [3.8, 4) is 0 Å². The molecule has 0 saturated carbocycles. The van der Waals surface area contributed by atoms with E-state index in [0.717, 1.165) is 0 Å². The van der Waals surface area contributed by atoms with E-state index in [1.54, 1.807) is 0 Å². The fourth-order valence-corrected chi connectivity index (χ4v) is 6.30. The van der Waals surface area contributed by atoms with Gasteiger partial charge in [0.25, 0.3) is 0 Å². The van der Waals surface area contributed by atoms with Gasteiger partial charge < -0.3 is 47.4 Å². The molecule has 0 unspecified atom stereocenters. The Morgan fingerprint density at radius 3 is 0.314 bits per heavy atom. The van der Waals surface area contributed by atoms with Crippen LogP contribution in [0.2, 0.25) is 0 Å². The van der Waals surface area contributed by atoms with Crippen LogP contribution in [-0.2, 0) is 95.3 Å². The molecule has 0 bridgehead atoms. The van der Waals surface area contributed by atoms with Gasteiger partial charge in [-0.3, -0.25) is 47.9 Å². The van der Waals surface area contributed by atoms with E-state index in [1.165, 1.54) is 0 Å². The van der Waals surface area contributed by atoms with Crippen LogP contribution in [0.15, 0.2) is 0 Å². The van der Waals surface area contributed by atoms with Crippen molar-refractivity contribution in [1.82, 2.24) is 0 Å². The second-order valence-corrected chi connectivity index (χ2v) is 16.8. The van der Waals surface area contributed by atoms with E-state index in [0.29, 0.717) is 128 Å². The maximum absolute atomic E-state index is 12.0. The highest BCUT2D eigenvalue weighted by atomic mass is 16.6. The molecule has 0 aromatic rings. The zero-order valence-electron chi connectivity index (χ0n) is 41.4. The third kappa shape index (κ3) is 42.8. The second-order valence-electron chi connectivity index (χ2n) is 16.8. The van der Waals surface area contributed by atoms with E-state index in [4.69, 9.17) is 47.4 Å². The molecule has 1 aliphatic heterocycles.